The first-order valence-corrected chi connectivity index (χ1v) is 11.0. The van der Waals surface area contributed by atoms with Crippen LogP contribution in [0, 0.1) is 13.8 Å². The standard InChI is InChI=1S/C26H22Cl2N2O3/c1-14-5-8-23(29-12-14)30-24(31)9-15(2)19-11-20-21(18-7-6-17(27)10-22(18)28)13-33-26(20)16(3)25(19)32-4/h5-13H,1-4H3,(H,29,30,31)/b15-9+. The van der Waals surface area contributed by atoms with Gasteiger partial charge in [-0.05, 0) is 56.2 Å². The number of allylic oxidation sites excluding steroid dienone is 1. The Balaban J connectivity index is 1.78. The van der Waals surface area contributed by atoms with E-state index in [-0.39, 0.29) is 5.91 Å². The number of halogens is 2. The van der Waals surface area contributed by atoms with Gasteiger partial charge in [-0.2, -0.15) is 0 Å². The van der Waals surface area contributed by atoms with Gasteiger partial charge in [0, 0.05) is 44.9 Å². The van der Waals surface area contributed by atoms with Crippen molar-refractivity contribution in [2.75, 3.05) is 12.4 Å². The minimum atomic E-state index is -0.281. The maximum atomic E-state index is 12.6. The lowest BCUT2D eigenvalue weighted by molar-refractivity contribution is -0.111. The molecule has 1 amide bonds. The monoisotopic (exact) mass is 480 g/mol. The number of rotatable bonds is 5. The Morgan fingerprint density at radius 3 is 2.58 bits per heavy atom. The fourth-order valence-corrected chi connectivity index (χ4v) is 4.28. The molecule has 0 radical (unpaired) electrons. The first-order chi connectivity index (χ1) is 15.8. The highest BCUT2D eigenvalue weighted by atomic mass is 35.5. The Kier molecular flexibility index (Phi) is 6.45. The second kappa shape index (κ2) is 9.30. The summed E-state index contributed by atoms with van der Waals surface area (Å²) >= 11 is 12.5. The molecule has 0 atom stereocenters. The first-order valence-electron chi connectivity index (χ1n) is 10.2. The van der Waals surface area contributed by atoms with Crippen LogP contribution in [0.4, 0.5) is 5.82 Å². The van der Waals surface area contributed by atoms with Gasteiger partial charge in [-0.3, -0.25) is 4.79 Å². The van der Waals surface area contributed by atoms with Gasteiger partial charge in [-0.15, -0.1) is 0 Å². The van der Waals surface area contributed by atoms with E-state index in [4.69, 9.17) is 32.4 Å². The summed E-state index contributed by atoms with van der Waals surface area (Å²) < 4.78 is 11.6. The van der Waals surface area contributed by atoms with Gasteiger partial charge in [0.15, 0.2) is 0 Å². The molecule has 4 aromatic rings. The van der Waals surface area contributed by atoms with Gasteiger partial charge in [0.2, 0.25) is 5.91 Å². The molecule has 0 saturated heterocycles. The van der Waals surface area contributed by atoms with E-state index in [2.05, 4.69) is 10.3 Å². The smallest absolute Gasteiger partial charge is 0.249 e. The van der Waals surface area contributed by atoms with Gasteiger partial charge in [0.25, 0.3) is 0 Å². The van der Waals surface area contributed by atoms with E-state index in [1.165, 1.54) is 6.08 Å². The van der Waals surface area contributed by atoms with E-state index in [9.17, 15) is 4.79 Å². The molecule has 0 saturated carbocycles. The summed E-state index contributed by atoms with van der Waals surface area (Å²) in [6.07, 6.45) is 4.90. The van der Waals surface area contributed by atoms with Gasteiger partial charge >= 0.3 is 0 Å². The van der Waals surface area contributed by atoms with Crippen LogP contribution in [0.2, 0.25) is 10.0 Å². The second-order valence-corrected chi connectivity index (χ2v) is 8.61. The van der Waals surface area contributed by atoms with Crippen molar-refractivity contribution < 1.29 is 13.9 Å². The summed E-state index contributed by atoms with van der Waals surface area (Å²) in [4.78, 5) is 16.8. The van der Waals surface area contributed by atoms with Gasteiger partial charge < -0.3 is 14.5 Å². The molecular weight excluding hydrogens is 459 g/mol. The molecule has 0 bridgehead atoms. The van der Waals surface area contributed by atoms with E-state index < -0.39 is 0 Å². The molecule has 1 N–H and O–H groups in total. The van der Waals surface area contributed by atoms with Gasteiger partial charge in [-0.25, -0.2) is 4.98 Å². The third-order valence-corrected chi connectivity index (χ3v) is 5.95. The van der Waals surface area contributed by atoms with Gasteiger partial charge in [0.1, 0.15) is 17.2 Å². The number of benzene rings is 2. The van der Waals surface area contributed by atoms with E-state index in [1.54, 1.807) is 37.8 Å². The summed E-state index contributed by atoms with van der Waals surface area (Å²) in [6.45, 7) is 5.72. The highest BCUT2D eigenvalue weighted by Gasteiger charge is 2.20. The van der Waals surface area contributed by atoms with Crippen molar-refractivity contribution in [3.63, 3.8) is 0 Å². The summed E-state index contributed by atoms with van der Waals surface area (Å²) in [6, 6.07) is 11.0. The Hall–Kier alpha value is -3.28. The number of hydrogen-bond acceptors (Lipinski definition) is 4. The number of carbonyl (C=O) groups is 1. The third-order valence-electron chi connectivity index (χ3n) is 5.40. The Labute approximate surface area is 202 Å². The molecule has 0 aliphatic rings. The van der Waals surface area contributed by atoms with E-state index in [0.29, 0.717) is 27.2 Å². The fourth-order valence-electron chi connectivity index (χ4n) is 3.77. The van der Waals surface area contributed by atoms with E-state index in [0.717, 1.165) is 38.8 Å². The molecule has 2 aromatic heterocycles. The van der Waals surface area contributed by atoms with Crippen LogP contribution < -0.4 is 10.1 Å². The van der Waals surface area contributed by atoms with Crippen LogP contribution in [0.5, 0.6) is 5.75 Å². The Morgan fingerprint density at radius 2 is 1.91 bits per heavy atom. The highest BCUT2D eigenvalue weighted by Crippen LogP contribution is 2.42. The third kappa shape index (κ3) is 4.61. The normalized spacial score (nSPS) is 11.6. The molecule has 7 heteroatoms. The number of carbonyl (C=O) groups excluding carboxylic acids is 1. The lowest BCUT2D eigenvalue weighted by Gasteiger charge is -2.13. The molecule has 168 valence electrons. The number of fused-ring (bicyclic) bond motifs is 1. The SMILES string of the molecule is COc1c(/C(C)=C/C(=O)Nc2ccc(C)cn2)cc2c(-c3ccc(Cl)cc3Cl)coc2c1C. The number of ether oxygens (including phenoxy) is 1. The number of amides is 1. The van der Waals surface area contributed by atoms with Gasteiger partial charge in [-0.1, -0.05) is 35.3 Å². The zero-order valence-corrected chi connectivity index (χ0v) is 20.1. The van der Waals surface area contributed by atoms with E-state index >= 15 is 0 Å². The maximum absolute atomic E-state index is 12.6. The quantitative estimate of drug-likeness (QED) is 0.301. The largest absolute Gasteiger partial charge is 0.496 e. The molecular formula is C26H22Cl2N2O3. The number of furan rings is 1. The van der Waals surface area contributed by atoms with Crippen LogP contribution in [0.1, 0.15) is 23.6 Å². The summed E-state index contributed by atoms with van der Waals surface area (Å²) in [5, 5.41) is 4.73. The molecule has 2 heterocycles. The Morgan fingerprint density at radius 1 is 1.12 bits per heavy atom. The van der Waals surface area contributed by atoms with Crippen molar-refractivity contribution in [3.8, 4) is 16.9 Å². The minimum Gasteiger partial charge on any atom is -0.496 e. The molecule has 0 aliphatic heterocycles. The van der Waals surface area contributed by atoms with Crippen LogP contribution >= 0.6 is 23.2 Å². The molecule has 4 rings (SSSR count). The highest BCUT2D eigenvalue weighted by molar-refractivity contribution is 6.36. The first kappa shape index (κ1) is 22.9. The predicted molar refractivity (Wildman–Crippen MR) is 134 cm³/mol. The zero-order valence-electron chi connectivity index (χ0n) is 18.6. The number of aryl methyl sites for hydroxylation is 2. The van der Waals surface area contributed by atoms with Crippen molar-refractivity contribution in [1.29, 1.82) is 0 Å². The second-order valence-electron chi connectivity index (χ2n) is 7.77. The fraction of sp³-hybridized carbons (Fsp3) is 0.154. The van der Waals surface area contributed by atoms with Crippen LogP contribution in [0.25, 0.3) is 27.7 Å². The maximum Gasteiger partial charge on any atom is 0.249 e. The number of methoxy groups -OCH3 is 1. The van der Waals surface area contributed by atoms with Crippen molar-refractivity contribution in [2.24, 2.45) is 0 Å². The van der Waals surface area contributed by atoms with Crippen LogP contribution in [0.15, 0.2) is 59.4 Å². The minimum absolute atomic E-state index is 0.281. The van der Waals surface area contributed by atoms with Crippen LogP contribution in [0.3, 0.4) is 0 Å². The average molecular weight is 481 g/mol. The number of pyridine rings is 1. The molecule has 0 spiro atoms. The van der Waals surface area contributed by atoms with Crippen LogP contribution in [-0.4, -0.2) is 18.0 Å². The number of nitrogens with one attached hydrogen (secondary N) is 1. The van der Waals surface area contributed by atoms with Crippen molar-refractivity contribution in [2.45, 2.75) is 20.8 Å². The van der Waals surface area contributed by atoms with E-state index in [1.807, 2.05) is 39.0 Å². The molecule has 0 aliphatic carbocycles. The zero-order chi connectivity index (χ0) is 23.7. The van der Waals surface area contributed by atoms with Crippen LogP contribution in [-0.2, 0) is 4.79 Å². The van der Waals surface area contributed by atoms with Gasteiger partial charge in [0.05, 0.1) is 18.4 Å². The summed E-state index contributed by atoms with van der Waals surface area (Å²) in [5.41, 5.74) is 5.69. The number of nitrogens with zero attached hydrogens (tertiary/aromatic N) is 1. The van der Waals surface area contributed by atoms with Crippen molar-refractivity contribution in [1.82, 2.24) is 4.98 Å². The molecule has 5 nitrogen and oxygen atoms in total. The topological polar surface area (TPSA) is 64.4 Å². The molecule has 2 aromatic carbocycles. The number of hydrogen-bond donors (Lipinski definition) is 1. The van der Waals surface area contributed by atoms with Crippen molar-refractivity contribution in [3.05, 3.63) is 81.7 Å². The molecule has 0 fully saturated rings. The molecule has 0 unspecified atom stereocenters. The molecule has 33 heavy (non-hydrogen) atoms. The number of anilines is 1. The number of aromatic nitrogens is 1. The lowest BCUT2D eigenvalue weighted by atomic mass is 9.96. The predicted octanol–water partition coefficient (Wildman–Crippen LogP) is 7.47. The average Bonchev–Trinajstić information content (AvgIpc) is 3.19. The lowest BCUT2D eigenvalue weighted by Crippen LogP contribution is -2.10. The summed E-state index contributed by atoms with van der Waals surface area (Å²) in [7, 11) is 1.60. The van der Waals surface area contributed by atoms with Crippen molar-refractivity contribution >= 4 is 51.5 Å². The summed E-state index contributed by atoms with van der Waals surface area (Å²) in [5.74, 6) is 0.847. The Bertz CT molecular complexity index is 1390.